The number of benzene rings is 2. The highest BCUT2D eigenvalue weighted by Gasteiger charge is 2.44. The van der Waals surface area contributed by atoms with E-state index in [0.717, 1.165) is 41.7 Å². The Kier molecular flexibility index (Phi) is 5.15. The van der Waals surface area contributed by atoms with Crippen molar-refractivity contribution in [3.8, 4) is 11.1 Å². The molecule has 146 valence electrons. The highest BCUT2D eigenvalue weighted by molar-refractivity contribution is 6.15. The molecule has 3 atom stereocenters. The molecule has 2 fully saturated rings. The minimum absolute atomic E-state index is 0.0127. The Morgan fingerprint density at radius 2 is 1.82 bits per heavy atom. The van der Waals surface area contributed by atoms with Gasteiger partial charge in [0, 0.05) is 31.1 Å². The third-order valence-corrected chi connectivity index (χ3v) is 6.17. The van der Waals surface area contributed by atoms with Crippen LogP contribution in [-0.2, 0) is 14.3 Å². The van der Waals surface area contributed by atoms with Gasteiger partial charge in [-0.1, -0.05) is 30.3 Å². The Morgan fingerprint density at radius 1 is 1.11 bits per heavy atom. The summed E-state index contributed by atoms with van der Waals surface area (Å²) in [5.74, 6) is -0.719. The molecule has 0 N–H and O–H groups in total. The quantitative estimate of drug-likeness (QED) is 0.717. The van der Waals surface area contributed by atoms with Gasteiger partial charge in [0.1, 0.15) is 17.5 Å². The van der Waals surface area contributed by atoms with E-state index in [9.17, 15) is 14.0 Å². The Labute approximate surface area is 164 Å². The molecule has 4 rings (SSSR count). The molecule has 0 aromatic heterocycles. The standard InChI is InChI=1S/C24H25FO3/c1-14-9-17(19-5-3-4-6-20(19)25)10-15(2)22(14)23-21(26)12-18(24(23)27)11-16-7-8-28-13-16/h3-6,9-10,16,18,23H,7-8,11-13H2,1-2H3. The number of hydrogen-bond acceptors (Lipinski definition) is 3. The second-order valence-electron chi connectivity index (χ2n) is 8.17. The van der Waals surface area contributed by atoms with Gasteiger partial charge in [-0.15, -0.1) is 0 Å². The number of aryl methyl sites for hydroxylation is 2. The van der Waals surface area contributed by atoms with Crippen LogP contribution in [0.1, 0.15) is 41.9 Å². The monoisotopic (exact) mass is 380 g/mol. The zero-order valence-corrected chi connectivity index (χ0v) is 16.3. The van der Waals surface area contributed by atoms with Gasteiger partial charge in [-0.2, -0.15) is 0 Å². The maximum absolute atomic E-state index is 14.2. The third-order valence-electron chi connectivity index (χ3n) is 6.17. The number of ketones is 2. The minimum Gasteiger partial charge on any atom is -0.381 e. The number of Topliss-reactive ketones (excluding diaryl/α,β-unsaturated/α-hetero) is 2. The summed E-state index contributed by atoms with van der Waals surface area (Å²) in [5, 5.41) is 0. The maximum atomic E-state index is 14.2. The summed E-state index contributed by atoms with van der Waals surface area (Å²) in [4.78, 5) is 25.9. The second kappa shape index (κ2) is 7.59. The van der Waals surface area contributed by atoms with Crippen LogP contribution in [0.2, 0.25) is 0 Å². The molecule has 0 bridgehead atoms. The molecule has 0 radical (unpaired) electrons. The van der Waals surface area contributed by atoms with Crippen molar-refractivity contribution in [2.75, 3.05) is 13.2 Å². The zero-order chi connectivity index (χ0) is 19.8. The molecule has 1 saturated heterocycles. The SMILES string of the molecule is Cc1cc(-c2ccccc2F)cc(C)c1C1C(=O)CC(CC2CCOC2)C1=O. The van der Waals surface area contributed by atoms with Crippen LogP contribution in [0, 0.1) is 31.5 Å². The molecule has 2 aromatic rings. The lowest BCUT2D eigenvalue weighted by Gasteiger charge is -2.18. The van der Waals surface area contributed by atoms with Crippen molar-refractivity contribution in [2.24, 2.45) is 11.8 Å². The van der Waals surface area contributed by atoms with E-state index in [2.05, 4.69) is 0 Å². The third kappa shape index (κ3) is 3.42. The Morgan fingerprint density at radius 3 is 2.46 bits per heavy atom. The van der Waals surface area contributed by atoms with Gasteiger partial charge >= 0.3 is 0 Å². The van der Waals surface area contributed by atoms with Crippen molar-refractivity contribution >= 4 is 11.6 Å². The molecular weight excluding hydrogens is 355 g/mol. The molecule has 28 heavy (non-hydrogen) atoms. The first kappa shape index (κ1) is 19.0. The molecule has 3 unspecified atom stereocenters. The molecule has 0 spiro atoms. The van der Waals surface area contributed by atoms with Crippen LogP contribution < -0.4 is 0 Å². The Bertz CT molecular complexity index is 904. The second-order valence-corrected chi connectivity index (χ2v) is 8.17. The predicted octanol–water partition coefficient (Wildman–Crippen LogP) is 4.78. The number of halogens is 1. The lowest BCUT2D eigenvalue weighted by molar-refractivity contribution is -0.125. The number of rotatable bonds is 4. The van der Waals surface area contributed by atoms with Crippen molar-refractivity contribution in [3.63, 3.8) is 0 Å². The van der Waals surface area contributed by atoms with Crippen LogP contribution in [0.5, 0.6) is 0 Å². The molecule has 0 amide bonds. The van der Waals surface area contributed by atoms with Crippen LogP contribution in [0.25, 0.3) is 11.1 Å². The van der Waals surface area contributed by atoms with Crippen LogP contribution in [0.4, 0.5) is 4.39 Å². The summed E-state index contributed by atoms with van der Waals surface area (Å²) in [6, 6.07) is 10.4. The van der Waals surface area contributed by atoms with Crippen molar-refractivity contribution in [2.45, 2.75) is 39.0 Å². The minimum atomic E-state index is -0.679. The van der Waals surface area contributed by atoms with Crippen LogP contribution in [-0.4, -0.2) is 24.8 Å². The number of ether oxygens (including phenoxy) is 1. The molecule has 4 heteroatoms. The molecule has 1 aliphatic heterocycles. The maximum Gasteiger partial charge on any atom is 0.151 e. The smallest absolute Gasteiger partial charge is 0.151 e. The summed E-state index contributed by atoms with van der Waals surface area (Å²) in [6.45, 7) is 5.26. The van der Waals surface area contributed by atoms with E-state index in [0.29, 0.717) is 24.5 Å². The number of hydrogen-bond donors (Lipinski definition) is 0. The van der Waals surface area contributed by atoms with Crippen molar-refractivity contribution in [3.05, 3.63) is 58.9 Å². The fourth-order valence-electron chi connectivity index (χ4n) is 4.81. The average molecular weight is 380 g/mol. The van der Waals surface area contributed by atoms with Gasteiger partial charge in [-0.3, -0.25) is 9.59 Å². The fourth-order valence-corrected chi connectivity index (χ4v) is 4.81. The van der Waals surface area contributed by atoms with Crippen LogP contribution >= 0.6 is 0 Å². The molecule has 2 aliphatic rings. The van der Waals surface area contributed by atoms with Gasteiger partial charge in [0.05, 0.1) is 0 Å². The van der Waals surface area contributed by atoms with Crippen molar-refractivity contribution in [1.82, 2.24) is 0 Å². The van der Waals surface area contributed by atoms with Gasteiger partial charge in [0.15, 0.2) is 5.78 Å². The van der Waals surface area contributed by atoms with Gasteiger partial charge in [-0.05, 0) is 60.9 Å². The highest BCUT2D eigenvalue weighted by atomic mass is 19.1. The molecule has 1 saturated carbocycles. The summed E-state index contributed by atoms with van der Waals surface area (Å²) < 4.78 is 19.6. The topological polar surface area (TPSA) is 43.4 Å². The largest absolute Gasteiger partial charge is 0.381 e. The Hall–Kier alpha value is -2.33. The summed E-state index contributed by atoms with van der Waals surface area (Å²) in [7, 11) is 0. The average Bonchev–Trinajstić information content (AvgIpc) is 3.25. The predicted molar refractivity (Wildman–Crippen MR) is 106 cm³/mol. The van der Waals surface area contributed by atoms with E-state index in [1.807, 2.05) is 26.0 Å². The lowest BCUT2D eigenvalue weighted by atomic mass is 9.84. The molecule has 1 heterocycles. The van der Waals surface area contributed by atoms with E-state index in [1.54, 1.807) is 18.2 Å². The number of carbonyl (C=O) groups excluding carboxylic acids is 2. The van der Waals surface area contributed by atoms with Crippen LogP contribution in [0.15, 0.2) is 36.4 Å². The molecular formula is C24H25FO3. The highest BCUT2D eigenvalue weighted by Crippen LogP contribution is 2.40. The summed E-state index contributed by atoms with van der Waals surface area (Å²) >= 11 is 0. The van der Waals surface area contributed by atoms with E-state index >= 15 is 0 Å². The Balaban J connectivity index is 1.64. The molecule has 1 aliphatic carbocycles. The van der Waals surface area contributed by atoms with Crippen molar-refractivity contribution in [1.29, 1.82) is 0 Å². The van der Waals surface area contributed by atoms with E-state index in [4.69, 9.17) is 4.74 Å². The van der Waals surface area contributed by atoms with Gasteiger partial charge in [0.25, 0.3) is 0 Å². The van der Waals surface area contributed by atoms with Crippen molar-refractivity contribution < 1.29 is 18.7 Å². The first-order valence-electron chi connectivity index (χ1n) is 9.96. The van der Waals surface area contributed by atoms with Gasteiger partial charge in [0.2, 0.25) is 0 Å². The van der Waals surface area contributed by atoms with E-state index < -0.39 is 5.92 Å². The normalized spacial score (nSPS) is 24.9. The first-order chi connectivity index (χ1) is 13.5. The summed E-state index contributed by atoms with van der Waals surface area (Å²) in [5.41, 5.74) is 3.85. The van der Waals surface area contributed by atoms with Gasteiger partial charge in [-0.25, -0.2) is 4.39 Å². The summed E-state index contributed by atoms with van der Waals surface area (Å²) in [6.07, 6.45) is 2.04. The van der Waals surface area contributed by atoms with E-state index in [-0.39, 0.29) is 23.3 Å². The van der Waals surface area contributed by atoms with Gasteiger partial charge < -0.3 is 4.74 Å². The zero-order valence-electron chi connectivity index (χ0n) is 16.3. The lowest BCUT2D eigenvalue weighted by Crippen LogP contribution is -2.19. The van der Waals surface area contributed by atoms with E-state index in [1.165, 1.54) is 6.07 Å². The first-order valence-corrected chi connectivity index (χ1v) is 9.96. The number of carbonyl (C=O) groups is 2. The molecule has 2 aromatic carbocycles. The molecule has 3 nitrogen and oxygen atoms in total. The van der Waals surface area contributed by atoms with Crippen LogP contribution in [0.3, 0.4) is 0 Å². The fraction of sp³-hybridized carbons (Fsp3) is 0.417.